The van der Waals surface area contributed by atoms with E-state index in [4.69, 9.17) is 11.6 Å². The van der Waals surface area contributed by atoms with Gasteiger partial charge in [-0.1, -0.05) is 22.9 Å². The Morgan fingerprint density at radius 1 is 1.29 bits per heavy atom. The molecule has 8 nitrogen and oxygen atoms in total. The maximum atomic E-state index is 13.7. The van der Waals surface area contributed by atoms with Crippen LogP contribution in [0.2, 0.25) is 5.02 Å². The molecular weight excluding hydrogens is 436 g/mol. The van der Waals surface area contributed by atoms with E-state index in [0.717, 1.165) is 42.0 Å². The van der Waals surface area contributed by atoms with Gasteiger partial charge in [0.15, 0.2) is 5.69 Å². The van der Waals surface area contributed by atoms with Gasteiger partial charge in [-0.3, -0.25) is 10.1 Å². The van der Waals surface area contributed by atoms with E-state index >= 15 is 0 Å². The summed E-state index contributed by atoms with van der Waals surface area (Å²) in [5.41, 5.74) is -0.268. The fourth-order valence-electron chi connectivity index (χ4n) is 2.06. The van der Waals surface area contributed by atoms with Crippen molar-refractivity contribution in [1.82, 2.24) is 20.2 Å². The zero-order valence-electron chi connectivity index (χ0n) is 14.0. The normalized spacial score (nSPS) is 11.4. The van der Waals surface area contributed by atoms with Crippen molar-refractivity contribution in [3.8, 4) is 0 Å². The first-order chi connectivity index (χ1) is 13.1. The molecule has 0 atom stereocenters. The van der Waals surface area contributed by atoms with Gasteiger partial charge in [0, 0.05) is 12.7 Å². The SMILES string of the molecule is CS(=O)(=O)c1ncc(Cl)c(C(=O)Nc2nnc(Cc3cc(F)ccc3F)s2)n1. The standard InChI is InChI=1S/C15H10ClF2N5O3S2/c1-28(25,26)15-19-6-9(16)12(20-15)13(24)21-14-23-22-11(27-14)5-7-4-8(17)2-3-10(7)18/h2-4,6H,5H2,1H3,(H,21,23,24). The highest BCUT2D eigenvalue weighted by atomic mass is 35.5. The van der Waals surface area contributed by atoms with Crippen molar-refractivity contribution in [3.63, 3.8) is 0 Å². The molecule has 0 radical (unpaired) electrons. The van der Waals surface area contributed by atoms with Gasteiger partial charge in [0.1, 0.15) is 16.6 Å². The lowest BCUT2D eigenvalue weighted by atomic mass is 10.1. The van der Waals surface area contributed by atoms with Crippen LogP contribution in [0.25, 0.3) is 0 Å². The van der Waals surface area contributed by atoms with Gasteiger partial charge in [-0.15, -0.1) is 10.2 Å². The molecule has 0 bridgehead atoms. The number of halogens is 3. The molecule has 2 heterocycles. The van der Waals surface area contributed by atoms with Gasteiger partial charge in [0.05, 0.1) is 11.2 Å². The van der Waals surface area contributed by atoms with Gasteiger partial charge in [-0.05, 0) is 23.8 Å². The van der Waals surface area contributed by atoms with Gasteiger partial charge in [0.25, 0.3) is 5.91 Å². The molecule has 0 aliphatic rings. The predicted molar refractivity (Wildman–Crippen MR) is 97.2 cm³/mol. The highest BCUT2D eigenvalue weighted by Gasteiger charge is 2.20. The number of carbonyl (C=O) groups is 1. The molecule has 0 aliphatic carbocycles. The lowest BCUT2D eigenvalue weighted by Crippen LogP contribution is -2.17. The minimum Gasteiger partial charge on any atom is -0.295 e. The zero-order valence-corrected chi connectivity index (χ0v) is 16.4. The number of sulfone groups is 1. The molecule has 0 saturated carbocycles. The van der Waals surface area contributed by atoms with Gasteiger partial charge < -0.3 is 0 Å². The van der Waals surface area contributed by atoms with E-state index in [2.05, 4.69) is 25.5 Å². The Morgan fingerprint density at radius 3 is 2.75 bits per heavy atom. The summed E-state index contributed by atoms with van der Waals surface area (Å²) in [7, 11) is -3.74. The molecule has 2 aromatic heterocycles. The van der Waals surface area contributed by atoms with Gasteiger partial charge >= 0.3 is 0 Å². The molecular formula is C15H10ClF2N5O3S2. The van der Waals surface area contributed by atoms with Gasteiger partial charge in [-0.25, -0.2) is 27.2 Å². The summed E-state index contributed by atoms with van der Waals surface area (Å²) < 4.78 is 50.0. The van der Waals surface area contributed by atoms with Crippen molar-refractivity contribution < 1.29 is 22.0 Å². The number of hydrogen-bond acceptors (Lipinski definition) is 8. The van der Waals surface area contributed by atoms with Crippen LogP contribution in [-0.2, 0) is 16.3 Å². The number of nitrogens with one attached hydrogen (secondary N) is 1. The maximum Gasteiger partial charge on any atom is 0.277 e. The summed E-state index contributed by atoms with van der Waals surface area (Å²) >= 11 is 6.79. The van der Waals surface area contributed by atoms with Crippen molar-refractivity contribution in [3.05, 3.63) is 57.3 Å². The fraction of sp³-hybridized carbons (Fsp3) is 0.133. The second kappa shape index (κ2) is 7.81. The molecule has 28 heavy (non-hydrogen) atoms. The van der Waals surface area contributed by atoms with Crippen molar-refractivity contribution in [1.29, 1.82) is 0 Å². The van der Waals surface area contributed by atoms with Crippen LogP contribution in [0.5, 0.6) is 0 Å². The Morgan fingerprint density at radius 2 is 2.04 bits per heavy atom. The minimum absolute atomic E-state index is 0.0242. The molecule has 0 unspecified atom stereocenters. The number of benzene rings is 1. The van der Waals surface area contributed by atoms with Crippen LogP contribution in [0.1, 0.15) is 21.1 Å². The average molecular weight is 446 g/mol. The molecule has 146 valence electrons. The quantitative estimate of drug-likeness (QED) is 0.600. The summed E-state index contributed by atoms with van der Waals surface area (Å²) in [6.45, 7) is 0. The average Bonchev–Trinajstić information content (AvgIpc) is 3.04. The second-order valence-corrected chi connectivity index (χ2v) is 8.87. The molecule has 1 N–H and O–H groups in total. The zero-order chi connectivity index (χ0) is 20.5. The van der Waals surface area contributed by atoms with E-state index < -0.39 is 32.5 Å². The summed E-state index contributed by atoms with van der Waals surface area (Å²) in [5.74, 6) is -2.00. The third kappa shape index (κ3) is 4.64. The van der Waals surface area contributed by atoms with E-state index in [0.29, 0.717) is 5.01 Å². The highest BCUT2D eigenvalue weighted by molar-refractivity contribution is 7.90. The molecule has 1 amide bonds. The number of amides is 1. The second-order valence-electron chi connectivity index (χ2n) is 5.49. The third-order valence-corrected chi connectivity index (χ3v) is 5.28. The Kier molecular flexibility index (Phi) is 5.63. The van der Waals surface area contributed by atoms with Crippen LogP contribution in [0.4, 0.5) is 13.9 Å². The predicted octanol–water partition coefficient (Wildman–Crippen LogP) is 2.51. The van der Waals surface area contributed by atoms with Crippen LogP contribution in [0.3, 0.4) is 0 Å². The van der Waals surface area contributed by atoms with Crippen LogP contribution in [0.15, 0.2) is 29.6 Å². The first kappa shape index (κ1) is 20.2. The summed E-state index contributed by atoms with van der Waals surface area (Å²) in [4.78, 5) is 19.6. The van der Waals surface area contributed by atoms with Gasteiger partial charge in [-0.2, -0.15) is 0 Å². The third-order valence-electron chi connectivity index (χ3n) is 3.31. The fourth-order valence-corrected chi connectivity index (χ4v) is 3.50. The van der Waals surface area contributed by atoms with E-state index in [1.165, 1.54) is 0 Å². The number of rotatable bonds is 5. The van der Waals surface area contributed by atoms with E-state index in [1.807, 2.05) is 0 Å². The molecule has 3 aromatic rings. The van der Waals surface area contributed by atoms with E-state index in [9.17, 15) is 22.0 Å². The lowest BCUT2D eigenvalue weighted by molar-refractivity contribution is 0.102. The summed E-state index contributed by atoms with van der Waals surface area (Å²) in [5, 5.41) is 9.60. The summed E-state index contributed by atoms with van der Waals surface area (Å²) in [6.07, 6.45) is 1.86. The minimum atomic E-state index is -3.74. The van der Waals surface area contributed by atoms with Crippen LogP contribution in [0, 0.1) is 11.6 Å². The topological polar surface area (TPSA) is 115 Å². The molecule has 0 fully saturated rings. The number of carbonyl (C=O) groups excluding carboxylic acids is 1. The van der Waals surface area contributed by atoms with Crippen LogP contribution < -0.4 is 5.32 Å². The number of aromatic nitrogens is 4. The molecule has 0 aliphatic heterocycles. The van der Waals surface area contributed by atoms with Crippen molar-refractivity contribution in [2.75, 3.05) is 11.6 Å². The Bertz CT molecular complexity index is 1170. The monoisotopic (exact) mass is 445 g/mol. The van der Waals surface area contributed by atoms with E-state index in [1.54, 1.807) is 0 Å². The highest BCUT2D eigenvalue weighted by Crippen LogP contribution is 2.22. The smallest absolute Gasteiger partial charge is 0.277 e. The molecule has 1 aromatic carbocycles. The Balaban J connectivity index is 1.78. The lowest BCUT2D eigenvalue weighted by Gasteiger charge is -2.04. The van der Waals surface area contributed by atoms with Crippen molar-refractivity contribution in [2.24, 2.45) is 0 Å². The number of hydrogen-bond donors (Lipinski definition) is 1. The van der Waals surface area contributed by atoms with E-state index in [-0.39, 0.29) is 27.8 Å². The number of anilines is 1. The largest absolute Gasteiger partial charge is 0.295 e. The first-order valence-corrected chi connectivity index (χ1v) is 10.5. The first-order valence-electron chi connectivity index (χ1n) is 7.44. The van der Waals surface area contributed by atoms with Crippen molar-refractivity contribution in [2.45, 2.75) is 11.6 Å². The number of nitrogens with zero attached hydrogens (tertiary/aromatic N) is 4. The molecule has 13 heteroatoms. The Labute approximate surface area is 166 Å². The van der Waals surface area contributed by atoms with Gasteiger partial charge in [0.2, 0.25) is 20.1 Å². The van der Waals surface area contributed by atoms with Crippen molar-refractivity contribution >= 4 is 43.8 Å². The van der Waals surface area contributed by atoms with Crippen LogP contribution >= 0.6 is 22.9 Å². The molecule has 0 spiro atoms. The Hall–Kier alpha value is -2.57. The molecule has 3 rings (SSSR count). The maximum absolute atomic E-state index is 13.7. The molecule has 0 saturated heterocycles. The summed E-state index contributed by atoms with van der Waals surface area (Å²) in [6, 6.07) is 3.05. The van der Waals surface area contributed by atoms with Crippen LogP contribution in [-0.4, -0.2) is 40.7 Å².